The first-order valence-corrected chi connectivity index (χ1v) is 6.88. The average molecular weight is 244 g/mol. The summed E-state index contributed by atoms with van der Waals surface area (Å²) in [7, 11) is 0. The zero-order valence-electron chi connectivity index (χ0n) is 10.7. The fourth-order valence-corrected chi connectivity index (χ4v) is 3.03. The topological polar surface area (TPSA) is 23.6 Å². The Balaban J connectivity index is 1.64. The molecule has 1 aromatic carbocycles. The molecule has 2 aliphatic heterocycles. The summed E-state index contributed by atoms with van der Waals surface area (Å²) in [5.74, 6) is 0.290. The van der Waals surface area contributed by atoms with Crippen molar-refractivity contribution in [2.75, 3.05) is 19.6 Å². The molecule has 0 spiro atoms. The van der Waals surface area contributed by atoms with Crippen LogP contribution < -0.4 is 0 Å². The quantitative estimate of drug-likeness (QED) is 0.742. The summed E-state index contributed by atoms with van der Waals surface area (Å²) in [6, 6.07) is 8.73. The van der Waals surface area contributed by atoms with Gasteiger partial charge in [-0.05, 0) is 30.4 Å². The molecule has 3 heteroatoms. The van der Waals surface area contributed by atoms with Crippen molar-refractivity contribution in [1.29, 1.82) is 0 Å². The molecule has 96 valence electrons. The van der Waals surface area contributed by atoms with E-state index in [1.807, 2.05) is 0 Å². The van der Waals surface area contributed by atoms with E-state index < -0.39 is 0 Å². The van der Waals surface area contributed by atoms with Crippen LogP contribution in [-0.4, -0.2) is 35.9 Å². The van der Waals surface area contributed by atoms with E-state index in [0.29, 0.717) is 5.92 Å². The van der Waals surface area contributed by atoms with Gasteiger partial charge in [0.1, 0.15) is 6.29 Å². The van der Waals surface area contributed by atoms with E-state index >= 15 is 0 Å². The minimum Gasteiger partial charge on any atom is -0.303 e. The molecule has 1 fully saturated rings. The Kier molecular flexibility index (Phi) is 3.43. The van der Waals surface area contributed by atoms with Crippen LogP contribution in [0.2, 0.25) is 0 Å². The highest BCUT2D eigenvalue weighted by molar-refractivity contribution is 5.53. The molecule has 0 unspecified atom stereocenters. The van der Waals surface area contributed by atoms with E-state index in [4.69, 9.17) is 0 Å². The lowest BCUT2D eigenvalue weighted by molar-refractivity contribution is -0.115. The summed E-state index contributed by atoms with van der Waals surface area (Å²) in [4.78, 5) is 10.8. The molecule has 3 rings (SSSR count). The van der Waals surface area contributed by atoms with Gasteiger partial charge in [0.15, 0.2) is 0 Å². The van der Waals surface area contributed by atoms with Crippen LogP contribution in [0.3, 0.4) is 0 Å². The Labute approximate surface area is 108 Å². The molecular weight excluding hydrogens is 224 g/mol. The van der Waals surface area contributed by atoms with E-state index in [1.54, 1.807) is 0 Å². The van der Waals surface area contributed by atoms with Gasteiger partial charge in [-0.3, -0.25) is 0 Å². The highest BCUT2D eigenvalue weighted by atomic mass is 16.1. The monoisotopic (exact) mass is 244 g/mol. The van der Waals surface area contributed by atoms with Crippen LogP contribution in [0.25, 0.3) is 0 Å². The van der Waals surface area contributed by atoms with Gasteiger partial charge in [0.2, 0.25) is 0 Å². The van der Waals surface area contributed by atoms with Gasteiger partial charge in [-0.15, -0.1) is 0 Å². The van der Waals surface area contributed by atoms with E-state index in [1.165, 1.54) is 11.1 Å². The standard InChI is InChI=1S/C15H20N2O/c18-12-13-5-8-16(9-6-13)17-10-7-14-3-1-2-4-15(14)11-17/h1-4,12-13H,5-11H2. The maximum atomic E-state index is 10.8. The average Bonchev–Trinajstić information content (AvgIpc) is 2.47. The first kappa shape index (κ1) is 11.9. The van der Waals surface area contributed by atoms with Gasteiger partial charge >= 0.3 is 0 Å². The second kappa shape index (κ2) is 5.21. The van der Waals surface area contributed by atoms with Gasteiger partial charge in [-0.25, -0.2) is 10.0 Å². The molecule has 0 radical (unpaired) electrons. The first-order valence-electron chi connectivity index (χ1n) is 6.88. The van der Waals surface area contributed by atoms with E-state index in [-0.39, 0.29) is 0 Å². The third-order valence-corrected chi connectivity index (χ3v) is 4.22. The number of piperidine rings is 1. The van der Waals surface area contributed by atoms with Gasteiger partial charge in [0.05, 0.1) is 0 Å². The van der Waals surface area contributed by atoms with Crippen LogP contribution in [-0.2, 0) is 17.8 Å². The molecule has 0 N–H and O–H groups in total. The second-order valence-electron chi connectivity index (χ2n) is 5.33. The number of fused-ring (bicyclic) bond motifs is 1. The molecular formula is C15H20N2O. The summed E-state index contributed by atoms with van der Waals surface area (Å²) >= 11 is 0. The highest BCUT2D eigenvalue weighted by Crippen LogP contribution is 2.23. The molecule has 1 saturated heterocycles. The maximum Gasteiger partial charge on any atom is 0.123 e. The smallest absolute Gasteiger partial charge is 0.123 e. The Morgan fingerprint density at radius 2 is 1.72 bits per heavy atom. The van der Waals surface area contributed by atoms with Gasteiger partial charge in [-0.2, -0.15) is 0 Å². The minimum atomic E-state index is 0.290. The number of nitrogens with zero attached hydrogens (tertiary/aromatic N) is 2. The molecule has 0 aliphatic carbocycles. The zero-order valence-corrected chi connectivity index (χ0v) is 10.7. The largest absolute Gasteiger partial charge is 0.303 e. The number of hydrazine groups is 1. The van der Waals surface area contributed by atoms with Crippen LogP contribution in [0.1, 0.15) is 24.0 Å². The third kappa shape index (κ3) is 2.33. The lowest BCUT2D eigenvalue weighted by Gasteiger charge is -2.41. The molecule has 0 atom stereocenters. The fourth-order valence-electron chi connectivity index (χ4n) is 3.03. The number of hydrogen-bond acceptors (Lipinski definition) is 3. The summed E-state index contributed by atoms with van der Waals surface area (Å²) in [5.41, 5.74) is 2.96. The number of benzene rings is 1. The molecule has 0 bridgehead atoms. The molecule has 2 aliphatic rings. The molecule has 3 nitrogen and oxygen atoms in total. The Morgan fingerprint density at radius 3 is 2.44 bits per heavy atom. The number of aldehydes is 1. The van der Waals surface area contributed by atoms with Gasteiger partial charge in [0.25, 0.3) is 0 Å². The lowest BCUT2D eigenvalue weighted by atomic mass is 9.98. The lowest BCUT2D eigenvalue weighted by Crippen LogP contribution is -2.49. The Morgan fingerprint density at radius 1 is 1.00 bits per heavy atom. The van der Waals surface area contributed by atoms with Crippen LogP contribution in [0.5, 0.6) is 0 Å². The fraction of sp³-hybridized carbons (Fsp3) is 0.533. The van der Waals surface area contributed by atoms with Crippen molar-refractivity contribution in [3.05, 3.63) is 35.4 Å². The summed E-state index contributed by atoms with van der Waals surface area (Å²) in [6.45, 7) is 4.21. The van der Waals surface area contributed by atoms with E-state index in [9.17, 15) is 4.79 Å². The first-order chi connectivity index (χ1) is 8.86. The highest BCUT2D eigenvalue weighted by Gasteiger charge is 2.25. The maximum absolute atomic E-state index is 10.8. The van der Waals surface area contributed by atoms with Crippen LogP contribution in [0.4, 0.5) is 0 Å². The summed E-state index contributed by atoms with van der Waals surface area (Å²) < 4.78 is 0. The SMILES string of the molecule is O=CC1CCN(N2CCc3ccccc3C2)CC1. The minimum absolute atomic E-state index is 0.290. The van der Waals surface area contributed by atoms with Crippen LogP contribution >= 0.6 is 0 Å². The van der Waals surface area contributed by atoms with Crippen molar-refractivity contribution in [3.63, 3.8) is 0 Å². The van der Waals surface area contributed by atoms with Gasteiger partial charge in [0, 0.05) is 32.1 Å². The third-order valence-electron chi connectivity index (χ3n) is 4.22. The number of carbonyl (C=O) groups excluding carboxylic acids is 1. The van der Waals surface area contributed by atoms with Gasteiger partial charge < -0.3 is 4.79 Å². The van der Waals surface area contributed by atoms with Crippen molar-refractivity contribution in [3.8, 4) is 0 Å². The molecule has 1 aromatic rings. The van der Waals surface area contributed by atoms with Crippen molar-refractivity contribution in [2.45, 2.75) is 25.8 Å². The Bertz CT molecular complexity index is 424. The van der Waals surface area contributed by atoms with Crippen molar-refractivity contribution in [1.82, 2.24) is 10.0 Å². The molecule has 18 heavy (non-hydrogen) atoms. The van der Waals surface area contributed by atoms with Crippen LogP contribution in [0, 0.1) is 5.92 Å². The number of rotatable bonds is 2. The van der Waals surface area contributed by atoms with Crippen molar-refractivity contribution in [2.24, 2.45) is 5.92 Å². The molecule has 0 saturated carbocycles. The molecule has 0 aromatic heterocycles. The Hall–Kier alpha value is -1.19. The van der Waals surface area contributed by atoms with E-state index in [0.717, 1.165) is 51.7 Å². The zero-order chi connectivity index (χ0) is 12.4. The van der Waals surface area contributed by atoms with Crippen LogP contribution in [0.15, 0.2) is 24.3 Å². The van der Waals surface area contributed by atoms with Crippen molar-refractivity contribution < 1.29 is 4.79 Å². The number of carbonyl (C=O) groups is 1. The number of hydrogen-bond donors (Lipinski definition) is 0. The summed E-state index contributed by atoms with van der Waals surface area (Å²) in [6.07, 6.45) is 4.30. The summed E-state index contributed by atoms with van der Waals surface area (Å²) in [5, 5.41) is 4.90. The normalized spacial score (nSPS) is 22.7. The molecule has 2 heterocycles. The van der Waals surface area contributed by atoms with E-state index in [2.05, 4.69) is 34.3 Å². The molecule has 0 amide bonds. The predicted molar refractivity (Wildman–Crippen MR) is 70.9 cm³/mol. The predicted octanol–water partition coefficient (Wildman–Crippen LogP) is 1.87. The second-order valence-corrected chi connectivity index (χ2v) is 5.33. The van der Waals surface area contributed by atoms with Crippen molar-refractivity contribution >= 4 is 6.29 Å². The van der Waals surface area contributed by atoms with Gasteiger partial charge in [-0.1, -0.05) is 24.3 Å².